The maximum atomic E-state index is 14.9. The number of pyridine rings is 1. The van der Waals surface area contributed by atoms with Crippen LogP contribution in [0.25, 0.3) is 0 Å². The van der Waals surface area contributed by atoms with E-state index in [9.17, 15) is 27.5 Å². The number of piperazine rings is 1. The van der Waals surface area contributed by atoms with E-state index in [0.717, 1.165) is 23.5 Å². The van der Waals surface area contributed by atoms with E-state index in [1.54, 1.807) is 25.4 Å². The summed E-state index contributed by atoms with van der Waals surface area (Å²) < 4.78 is 66.9. The van der Waals surface area contributed by atoms with E-state index in [0.29, 0.717) is 37.7 Å². The topological polar surface area (TPSA) is 90.7 Å². The van der Waals surface area contributed by atoms with E-state index in [2.05, 4.69) is 9.98 Å². The standard InChI is InChI=1S/C26H25F4N5O4S/c1-38-16-5-6-31-21(12-16)33-7-9-34(10-8-33)25-32-23-17(14-40-24(23)27)18(13-22(36)37)35(25)19-11-15(26(28,29)30)3-4-20(19)39-2/h3-6,11-12,14,18H,7-10,13H2,1-2H3,(H,36,37). The number of alkyl halides is 3. The third-order valence-corrected chi connectivity index (χ3v) is 7.59. The number of aliphatic carboxylic acids is 1. The summed E-state index contributed by atoms with van der Waals surface area (Å²) in [5, 5.41) is 10.6. The molecule has 2 aromatic heterocycles. The van der Waals surface area contributed by atoms with Crippen molar-refractivity contribution in [3.05, 3.63) is 58.2 Å². The van der Waals surface area contributed by atoms with Crippen LogP contribution in [0.2, 0.25) is 0 Å². The summed E-state index contributed by atoms with van der Waals surface area (Å²) in [6, 6.07) is 5.48. The zero-order valence-electron chi connectivity index (χ0n) is 21.5. The number of nitrogens with zero attached hydrogens (tertiary/aromatic N) is 5. The molecule has 2 aliphatic rings. The van der Waals surface area contributed by atoms with Gasteiger partial charge in [-0.25, -0.2) is 9.98 Å². The molecule has 0 aliphatic carbocycles. The average Bonchev–Trinajstić information content (AvgIpc) is 3.32. The van der Waals surface area contributed by atoms with E-state index in [4.69, 9.17) is 9.47 Å². The number of rotatable bonds is 6. The molecule has 9 nitrogen and oxygen atoms in total. The summed E-state index contributed by atoms with van der Waals surface area (Å²) in [6.45, 7) is 1.65. The second-order valence-corrected chi connectivity index (χ2v) is 9.95. The number of carboxylic acids is 1. The van der Waals surface area contributed by atoms with Crippen molar-refractivity contribution in [2.24, 2.45) is 4.99 Å². The largest absolute Gasteiger partial charge is 0.497 e. The molecule has 0 bridgehead atoms. The molecule has 14 heteroatoms. The second-order valence-electron chi connectivity index (χ2n) is 9.12. The minimum Gasteiger partial charge on any atom is -0.497 e. The lowest BCUT2D eigenvalue weighted by Gasteiger charge is -2.44. The molecule has 0 amide bonds. The van der Waals surface area contributed by atoms with Gasteiger partial charge < -0.3 is 29.3 Å². The van der Waals surface area contributed by atoms with Gasteiger partial charge in [-0.3, -0.25) is 4.79 Å². The third-order valence-electron chi connectivity index (χ3n) is 6.82. The molecule has 2 aliphatic heterocycles. The first-order valence-electron chi connectivity index (χ1n) is 12.2. The Bertz CT molecular complexity index is 1440. The predicted molar refractivity (Wildman–Crippen MR) is 141 cm³/mol. The highest BCUT2D eigenvalue weighted by molar-refractivity contribution is 7.08. The fourth-order valence-electron chi connectivity index (χ4n) is 4.87. The molecule has 0 radical (unpaired) electrons. The van der Waals surface area contributed by atoms with Crippen molar-refractivity contribution in [2.75, 3.05) is 50.2 Å². The number of aromatic nitrogens is 1. The first-order valence-corrected chi connectivity index (χ1v) is 13.1. The van der Waals surface area contributed by atoms with Gasteiger partial charge in [-0.2, -0.15) is 17.6 Å². The van der Waals surface area contributed by atoms with Crippen LogP contribution in [0.5, 0.6) is 11.5 Å². The number of benzene rings is 1. The van der Waals surface area contributed by atoms with Gasteiger partial charge in [-0.05, 0) is 24.3 Å². The molecule has 1 N–H and O–H groups in total. The van der Waals surface area contributed by atoms with E-state index >= 15 is 0 Å². The summed E-state index contributed by atoms with van der Waals surface area (Å²) >= 11 is 0.764. The minimum absolute atomic E-state index is 0.00895. The fraction of sp³-hybridized carbons (Fsp3) is 0.346. The van der Waals surface area contributed by atoms with Gasteiger partial charge >= 0.3 is 12.1 Å². The number of carboxylic acid groups (broad SMARTS) is 1. The average molecular weight is 580 g/mol. The summed E-state index contributed by atoms with van der Waals surface area (Å²) in [5.41, 5.74) is -0.679. The highest BCUT2D eigenvalue weighted by atomic mass is 32.1. The molecule has 1 aromatic carbocycles. The van der Waals surface area contributed by atoms with Crippen molar-refractivity contribution < 1.29 is 36.9 Å². The normalized spacial score (nSPS) is 17.4. The van der Waals surface area contributed by atoms with E-state index in [1.807, 2.05) is 9.80 Å². The van der Waals surface area contributed by atoms with E-state index in [-0.39, 0.29) is 28.6 Å². The SMILES string of the molecule is COc1ccnc(N2CCN(C3=Nc4c(csc4F)C(CC(=O)O)N3c3cc(C(F)(F)F)ccc3OC)CC2)c1. The van der Waals surface area contributed by atoms with Crippen molar-refractivity contribution in [1.29, 1.82) is 0 Å². The first-order chi connectivity index (χ1) is 19.1. The maximum absolute atomic E-state index is 14.9. The number of guanidine groups is 1. The van der Waals surface area contributed by atoms with Crippen LogP contribution >= 0.6 is 11.3 Å². The van der Waals surface area contributed by atoms with Crippen LogP contribution in [0.3, 0.4) is 0 Å². The van der Waals surface area contributed by atoms with Crippen molar-refractivity contribution >= 4 is 40.5 Å². The molecule has 3 aromatic rings. The van der Waals surface area contributed by atoms with Gasteiger partial charge in [0.05, 0.1) is 37.9 Å². The van der Waals surface area contributed by atoms with Gasteiger partial charge in [-0.1, -0.05) is 0 Å². The molecular formula is C26H25F4N5O4S. The number of carbonyl (C=O) groups is 1. The zero-order valence-corrected chi connectivity index (χ0v) is 22.3. The highest BCUT2D eigenvalue weighted by Gasteiger charge is 2.41. The number of hydrogen-bond donors (Lipinski definition) is 1. The molecule has 5 rings (SSSR count). The van der Waals surface area contributed by atoms with Gasteiger partial charge in [0.15, 0.2) is 0 Å². The molecule has 4 heterocycles. The van der Waals surface area contributed by atoms with Crippen LogP contribution in [0.15, 0.2) is 46.9 Å². The summed E-state index contributed by atoms with van der Waals surface area (Å²) in [5.74, 6) is 0.370. The van der Waals surface area contributed by atoms with Gasteiger partial charge in [0.25, 0.3) is 0 Å². The number of fused-ring (bicyclic) bond motifs is 1. The number of hydrogen-bond acceptors (Lipinski definition) is 9. The van der Waals surface area contributed by atoms with Crippen molar-refractivity contribution in [2.45, 2.75) is 18.6 Å². The Hall–Kier alpha value is -4.07. The molecule has 1 saturated heterocycles. The van der Waals surface area contributed by atoms with Gasteiger partial charge in [-0.15, -0.1) is 11.3 Å². The molecule has 1 atom stereocenters. The Balaban J connectivity index is 1.58. The number of anilines is 2. The second kappa shape index (κ2) is 10.8. The Morgan fingerprint density at radius 3 is 2.48 bits per heavy atom. The number of halogens is 4. The molecule has 0 saturated carbocycles. The van der Waals surface area contributed by atoms with Gasteiger partial charge in [0.1, 0.15) is 23.0 Å². The fourth-order valence-corrected chi connectivity index (χ4v) is 5.65. The highest BCUT2D eigenvalue weighted by Crippen LogP contribution is 2.47. The summed E-state index contributed by atoms with van der Waals surface area (Å²) in [4.78, 5) is 26.2. The number of methoxy groups -OCH3 is 2. The lowest BCUT2D eigenvalue weighted by atomic mass is 10.00. The van der Waals surface area contributed by atoms with Crippen molar-refractivity contribution in [3.8, 4) is 11.5 Å². The zero-order chi connectivity index (χ0) is 28.6. The van der Waals surface area contributed by atoms with Crippen molar-refractivity contribution in [1.82, 2.24) is 9.88 Å². The van der Waals surface area contributed by atoms with E-state index in [1.165, 1.54) is 23.5 Å². The van der Waals surface area contributed by atoms with Crippen LogP contribution < -0.4 is 19.3 Å². The number of thiophene rings is 1. The Morgan fingerprint density at radius 2 is 1.82 bits per heavy atom. The Kier molecular flexibility index (Phi) is 7.45. The van der Waals surface area contributed by atoms with Gasteiger partial charge in [0, 0.05) is 49.4 Å². The maximum Gasteiger partial charge on any atom is 0.416 e. The lowest BCUT2D eigenvalue weighted by molar-refractivity contribution is -0.138. The monoisotopic (exact) mass is 579 g/mol. The van der Waals surface area contributed by atoms with Gasteiger partial charge in [0.2, 0.25) is 11.1 Å². The van der Waals surface area contributed by atoms with Crippen LogP contribution in [0, 0.1) is 5.13 Å². The van der Waals surface area contributed by atoms with Crippen LogP contribution in [0.4, 0.5) is 34.8 Å². The smallest absolute Gasteiger partial charge is 0.416 e. The summed E-state index contributed by atoms with van der Waals surface area (Å²) in [6.07, 6.45) is -3.54. The summed E-state index contributed by atoms with van der Waals surface area (Å²) in [7, 11) is 2.87. The Labute approximate surface area is 230 Å². The lowest BCUT2D eigenvalue weighted by Crippen LogP contribution is -2.55. The molecule has 40 heavy (non-hydrogen) atoms. The van der Waals surface area contributed by atoms with Crippen LogP contribution in [-0.4, -0.2) is 67.3 Å². The molecular weight excluding hydrogens is 554 g/mol. The molecule has 1 unspecified atom stereocenters. The molecule has 0 spiro atoms. The number of aliphatic imine (C=N–C) groups is 1. The van der Waals surface area contributed by atoms with E-state index < -0.39 is 35.3 Å². The number of ether oxygens (including phenoxy) is 2. The minimum atomic E-state index is -4.66. The van der Waals surface area contributed by atoms with Crippen LogP contribution in [-0.2, 0) is 11.0 Å². The molecule has 1 fully saturated rings. The molecule has 212 valence electrons. The quantitative estimate of drug-likeness (QED) is 0.401. The predicted octanol–water partition coefficient (Wildman–Crippen LogP) is 5.16. The Morgan fingerprint density at radius 1 is 1.10 bits per heavy atom. The third kappa shape index (κ3) is 5.22. The van der Waals surface area contributed by atoms with Crippen LogP contribution in [0.1, 0.15) is 23.6 Å². The first kappa shape index (κ1) is 27.5. The van der Waals surface area contributed by atoms with Crippen molar-refractivity contribution in [3.63, 3.8) is 0 Å².